The van der Waals surface area contributed by atoms with Crippen molar-refractivity contribution in [2.75, 3.05) is 0 Å². The van der Waals surface area contributed by atoms with Crippen molar-refractivity contribution in [2.45, 2.75) is 70.3 Å². The van der Waals surface area contributed by atoms with Gasteiger partial charge in [0.25, 0.3) is 0 Å². The maximum atomic E-state index is 11.6. The summed E-state index contributed by atoms with van der Waals surface area (Å²) < 4.78 is 10.9. The van der Waals surface area contributed by atoms with Gasteiger partial charge in [-0.15, -0.1) is 0 Å². The number of carbonyl (C=O) groups excluding carboxylic acids is 1. The third-order valence-corrected chi connectivity index (χ3v) is 3.46. The Bertz CT molecular complexity index is 355. The molecular weight excluding hydrogens is 264 g/mol. The quantitative estimate of drug-likeness (QED) is 0.723. The molecule has 0 aliphatic carbocycles. The lowest BCUT2D eigenvalue weighted by Gasteiger charge is -2.29. The Balaban J connectivity index is 1.74. The number of fused-ring (bicyclic) bond motifs is 2. The second-order valence-electron chi connectivity index (χ2n) is 6.23. The zero-order valence-electron chi connectivity index (χ0n) is 11.7. The van der Waals surface area contributed by atoms with Gasteiger partial charge >= 0.3 is 6.09 Å². The van der Waals surface area contributed by atoms with Gasteiger partial charge in [0.2, 0.25) is 0 Å². The zero-order chi connectivity index (χ0) is 14.0. The normalized spacial score (nSPS) is 29.7. The minimum atomic E-state index is -0.516. The Labute approximate surface area is 119 Å². The Morgan fingerprint density at radius 2 is 1.84 bits per heavy atom. The van der Waals surface area contributed by atoms with E-state index < -0.39 is 11.7 Å². The van der Waals surface area contributed by atoms with Crippen molar-refractivity contribution < 1.29 is 14.3 Å². The van der Waals surface area contributed by atoms with Crippen LogP contribution in [0.15, 0.2) is 0 Å². The van der Waals surface area contributed by atoms with E-state index in [1.807, 2.05) is 20.8 Å². The molecule has 108 valence electrons. The van der Waals surface area contributed by atoms with Crippen LogP contribution in [0.4, 0.5) is 4.79 Å². The third-order valence-electron chi connectivity index (χ3n) is 3.24. The van der Waals surface area contributed by atoms with Crippen LogP contribution < -0.4 is 10.6 Å². The molecule has 2 aliphatic heterocycles. The van der Waals surface area contributed by atoms with Crippen molar-refractivity contribution in [3.8, 4) is 0 Å². The number of nitrogens with one attached hydrogen (secondary N) is 2. The molecule has 1 amide bonds. The SMILES string of the molecule is CC(C)(C)OC(=O)NC(=S)NC1C[C@H]2CC[C@@H](C1)O2. The summed E-state index contributed by atoms with van der Waals surface area (Å²) in [6.45, 7) is 5.46. The van der Waals surface area contributed by atoms with E-state index in [1.165, 1.54) is 0 Å². The first-order valence-electron chi connectivity index (χ1n) is 6.78. The van der Waals surface area contributed by atoms with Gasteiger partial charge < -0.3 is 14.8 Å². The number of amides is 1. The highest BCUT2D eigenvalue weighted by Crippen LogP contribution is 2.32. The Hall–Kier alpha value is -0.880. The van der Waals surface area contributed by atoms with Gasteiger partial charge in [0.1, 0.15) is 5.60 Å². The molecule has 0 saturated carbocycles. The van der Waals surface area contributed by atoms with Gasteiger partial charge in [-0.2, -0.15) is 0 Å². The van der Waals surface area contributed by atoms with Crippen LogP contribution in [0.25, 0.3) is 0 Å². The molecule has 3 atom stereocenters. The molecule has 2 rings (SSSR count). The highest BCUT2D eigenvalue weighted by molar-refractivity contribution is 7.80. The largest absolute Gasteiger partial charge is 0.444 e. The van der Waals surface area contributed by atoms with Crippen LogP contribution in [0, 0.1) is 0 Å². The van der Waals surface area contributed by atoms with E-state index in [0.29, 0.717) is 17.3 Å². The summed E-state index contributed by atoms with van der Waals surface area (Å²) in [5.41, 5.74) is -0.516. The fraction of sp³-hybridized carbons (Fsp3) is 0.846. The van der Waals surface area contributed by atoms with Crippen molar-refractivity contribution in [2.24, 2.45) is 0 Å². The molecule has 0 aromatic heterocycles. The number of hydrogen-bond acceptors (Lipinski definition) is 4. The van der Waals surface area contributed by atoms with E-state index in [0.717, 1.165) is 25.7 Å². The minimum absolute atomic E-state index is 0.286. The molecular formula is C13H22N2O3S. The standard InChI is InChI=1S/C13H22N2O3S/c1-13(2,3)18-12(16)15-11(19)14-8-6-9-4-5-10(7-8)17-9/h8-10H,4-7H2,1-3H3,(H2,14,15,16,19)/t8?,9-,10+. The van der Waals surface area contributed by atoms with E-state index >= 15 is 0 Å². The second-order valence-corrected chi connectivity index (χ2v) is 6.63. The van der Waals surface area contributed by atoms with Gasteiger partial charge in [0.05, 0.1) is 12.2 Å². The van der Waals surface area contributed by atoms with Crippen molar-refractivity contribution in [3.05, 3.63) is 0 Å². The fourth-order valence-electron chi connectivity index (χ4n) is 2.59. The molecule has 0 radical (unpaired) electrons. The first-order valence-corrected chi connectivity index (χ1v) is 7.18. The van der Waals surface area contributed by atoms with Crippen LogP contribution in [-0.4, -0.2) is 35.1 Å². The van der Waals surface area contributed by atoms with Crippen LogP contribution in [0.3, 0.4) is 0 Å². The van der Waals surface area contributed by atoms with Gasteiger partial charge in [-0.1, -0.05) is 0 Å². The fourth-order valence-corrected chi connectivity index (χ4v) is 2.84. The van der Waals surface area contributed by atoms with Gasteiger partial charge in [-0.25, -0.2) is 4.79 Å². The first-order chi connectivity index (χ1) is 8.82. The average molecular weight is 286 g/mol. The molecule has 2 N–H and O–H groups in total. The first kappa shape index (κ1) is 14.5. The predicted molar refractivity (Wildman–Crippen MR) is 76.0 cm³/mol. The predicted octanol–water partition coefficient (Wildman–Crippen LogP) is 2.10. The molecule has 0 aromatic rings. The molecule has 2 bridgehead atoms. The Morgan fingerprint density at radius 3 is 2.37 bits per heavy atom. The van der Waals surface area contributed by atoms with E-state index in [2.05, 4.69) is 10.6 Å². The summed E-state index contributed by atoms with van der Waals surface area (Å²) in [4.78, 5) is 11.6. The molecule has 19 heavy (non-hydrogen) atoms. The Kier molecular flexibility index (Phi) is 4.30. The van der Waals surface area contributed by atoms with Crippen LogP contribution in [0.2, 0.25) is 0 Å². The van der Waals surface area contributed by atoms with E-state index in [-0.39, 0.29) is 6.04 Å². The molecule has 0 spiro atoms. The molecule has 5 nitrogen and oxygen atoms in total. The summed E-state index contributed by atoms with van der Waals surface area (Å²) >= 11 is 5.13. The summed E-state index contributed by atoms with van der Waals surface area (Å²) in [7, 11) is 0. The number of ether oxygens (including phenoxy) is 2. The molecule has 2 saturated heterocycles. The number of carbonyl (C=O) groups is 1. The smallest absolute Gasteiger partial charge is 0.413 e. The Morgan fingerprint density at radius 1 is 1.26 bits per heavy atom. The minimum Gasteiger partial charge on any atom is -0.444 e. The number of rotatable bonds is 1. The van der Waals surface area contributed by atoms with Gasteiger partial charge in [0, 0.05) is 6.04 Å². The maximum absolute atomic E-state index is 11.6. The average Bonchev–Trinajstić information content (AvgIpc) is 2.54. The van der Waals surface area contributed by atoms with Crippen LogP contribution in [0.5, 0.6) is 0 Å². The monoisotopic (exact) mass is 286 g/mol. The molecule has 2 heterocycles. The molecule has 0 aromatic carbocycles. The topological polar surface area (TPSA) is 59.6 Å². The maximum Gasteiger partial charge on any atom is 0.413 e. The highest BCUT2D eigenvalue weighted by atomic mass is 32.1. The zero-order valence-corrected chi connectivity index (χ0v) is 12.5. The van der Waals surface area contributed by atoms with E-state index in [1.54, 1.807) is 0 Å². The highest BCUT2D eigenvalue weighted by Gasteiger charge is 2.35. The molecule has 2 fully saturated rings. The molecule has 6 heteroatoms. The van der Waals surface area contributed by atoms with Crippen molar-refractivity contribution in [3.63, 3.8) is 0 Å². The third kappa shape index (κ3) is 4.62. The van der Waals surface area contributed by atoms with Crippen molar-refractivity contribution in [1.29, 1.82) is 0 Å². The summed E-state index contributed by atoms with van der Waals surface area (Å²) in [5, 5.41) is 6.06. The van der Waals surface area contributed by atoms with Gasteiger partial charge in [-0.05, 0) is 58.7 Å². The molecule has 2 aliphatic rings. The lowest BCUT2D eigenvalue weighted by Crippen LogP contribution is -2.48. The van der Waals surface area contributed by atoms with E-state index in [9.17, 15) is 4.79 Å². The number of alkyl carbamates (subject to hydrolysis) is 1. The van der Waals surface area contributed by atoms with Crippen LogP contribution in [0.1, 0.15) is 46.5 Å². The van der Waals surface area contributed by atoms with Gasteiger partial charge in [-0.3, -0.25) is 5.32 Å². The summed E-state index contributed by atoms with van der Waals surface area (Å²) in [6, 6.07) is 0.286. The lowest BCUT2D eigenvalue weighted by molar-refractivity contribution is -0.00558. The van der Waals surface area contributed by atoms with Gasteiger partial charge in [0.15, 0.2) is 5.11 Å². The summed E-state index contributed by atoms with van der Waals surface area (Å²) in [5.74, 6) is 0. The van der Waals surface area contributed by atoms with Crippen LogP contribution in [-0.2, 0) is 9.47 Å². The lowest BCUT2D eigenvalue weighted by atomic mass is 10.0. The van der Waals surface area contributed by atoms with Crippen LogP contribution >= 0.6 is 12.2 Å². The summed E-state index contributed by atoms with van der Waals surface area (Å²) in [6.07, 6.45) is 4.35. The van der Waals surface area contributed by atoms with E-state index in [4.69, 9.17) is 21.7 Å². The number of thiocarbonyl (C=S) groups is 1. The number of hydrogen-bond donors (Lipinski definition) is 2. The van der Waals surface area contributed by atoms with Crippen molar-refractivity contribution in [1.82, 2.24) is 10.6 Å². The van der Waals surface area contributed by atoms with Crippen molar-refractivity contribution >= 4 is 23.4 Å². The molecule has 1 unspecified atom stereocenters. The second kappa shape index (κ2) is 5.63.